The van der Waals surface area contributed by atoms with Crippen LogP contribution < -0.4 is 0 Å². The van der Waals surface area contributed by atoms with Crippen LogP contribution in [0.2, 0.25) is 0 Å². The predicted octanol–water partition coefficient (Wildman–Crippen LogP) is 1.61. The molecule has 49 heavy (non-hydrogen) atoms. The lowest BCUT2D eigenvalue weighted by Crippen LogP contribution is -2.16. The van der Waals surface area contributed by atoms with Gasteiger partial charge < -0.3 is 71.1 Å². The molecule has 0 heterocycles. The number of methoxy groups -OCH3 is 3. The first-order valence-electron chi connectivity index (χ1n) is 17.5. The van der Waals surface area contributed by atoms with Gasteiger partial charge >= 0.3 is 0 Å². The minimum Gasteiger partial charge on any atom is -0.382 e. The molecule has 0 fully saturated rings. The SMILES string of the molecule is COCCOCCOCCOCCOCCP(CCOCCOCCOCCOCCOC)CCOCCOCCOCCOCCOC. The Morgan fingerprint density at radius 2 is 0.347 bits per heavy atom. The zero-order valence-electron chi connectivity index (χ0n) is 30.8. The quantitative estimate of drug-likeness (QED) is 0.0661. The van der Waals surface area contributed by atoms with Crippen LogP contribution in [0.4, 0.5) is 0 Å². The summed E-state index contributed by atoms with van der Waals surface area (Å²) in [6.07, 6.45) is 2.96. The van der Waals surface area contributed by atoms with Crippen molar-refractivity contribution < 1.29 is 71.1 Å². The molecule has 16 heteroatoms. The molecular weight excluding hydrogens is 667 g/mol. The van der Waals surface area contributed by atoms with E-state index >= 15 is 0 Å². The lowest BCUT2D eigenvalue weighted by molar-refractivity contribution is -0.00714. The van der Waals surface area contributed by atoms with Gasteiger partial charge in [-0.3, -0.25) is 0 Å². The fraction of sp³-hybridized carbons (Fsp3) is 1.00. The molecule has 0 rings (SSSR count). The molecule has 0 aromatic heterocycles. The Balaban J connectivity index is 3.93. The van der Waals surface area contributed by atoms with Crippen molar-refractivity contribution in [3.63, 3.8) is 0 Å². The highest BCUT2D eigenvalue weighted by Crippen LogP contribution is 2.34. The lowest BCUT2D eigenvalue weighted by Gasteiger charge is -2.18. The first-order valence-corrected chi connectivity index (χ1v) is 19.4. The molecule has 0 saturated carbocycles. The Morgan fingerprint density at radius 3 is 0.510 bits per heavy atom. The molecule has 0 radical (unpaired) electrons. The molecule has 0 spiro atoms. The second-order valence-electron chi connectivity index (χ2n) is 10.2. The third-order valence-electron chi connectivity index (χ3n) is 6.30. The maximum absolute atomic E-state index is 5.84. The van der Waals surface area contributed by atoms with Crippen molar-refractivity contribution >= 4 is 7.92 Å². The fourth-order valence-corrected chi connectivity index (χ4v) is 5.46. The summed E-state index contributed by atoms with van der Waals surface area (Å²) in [6.45, 7) is 15.3. The van der Waals surface area contributed by atoms with Gasteiger partial charge in [0.05, 0.1) is 178 Å². The topological polar surface area (TPSA) is 138 Å². The van der Waals surface area contributed by atoms with Crippen molar-refractivity contribution in [3.8, 4) is 0 Å². The largest absolute Gasteiger partial charge is 0.382 e. The Bertz CT molecular complexity index is 510. The molecule has 0 saturated heterocycles. The summed E-state index contributed by atoms with van der Waals surface area (Å²) in [6, 6.07) is 0. The van der Waals surface area contributed by atoms with Gasteiger partial charge in [-0.25, -0.2) is 0 Å². The van der Waals surface area contributed by atoms with Crippen LogP contribution in [0, 0.1) is 0 Å². The van der Waals surface area contributed by atoms with Crippen LogP contribution in [-0.2, 0) is 71.1 Å². The summed E-state index contributed by atoms with van der Waals surface area (Å²) < 4.78 is 81.6. The van der Waals surface area contributed by atoms with Gasteiger partial charge in [0.15, 0.2) is 0 Å². The molecular formula is C33H69O15P. The maximum atomic E-state index is 5.84. The van der Waals surface area contributed by atoms with E-state index in [0.29, 0.717) is 178 Å². The maximum Gasteiger partial charge on any atom is 0.0701 e. The minimum absolute atomic E-state index is 0.299. The number of hydrogen-bond acceptors (Lipinski definition) is 15. The van der Waals surface area contributed by atoms with Gasteiger partial charge in [-0.05, 0) is 18.5 Å². The van der Waals surface area contributed by atoms with E-state index < -0.39 is 0 Å². The highest BCUT2D eigenvalue weighted by atomic mass is 31.1. The van der Waals surface area contributed by atoms with Crippen LogP contribution in [0.3, 0.4) is 0 Å². The van der Waals surface area contributed by atoms with E-state index in [1.807, 2.05) is 0 Å². The molecule has 0 amide bonds. The molecule has 0 bridgehead atoms. The van der Waals surface area contributed by atoms with E-state index in [1.165, 1.54) is 0 Å². The van der Waals surface area contributed by atoms with E-state index in [0.717, 1.165) is 18.5 Å². The standard InChI is InChI=1S/C33H69O15P/c1-34-4-7-37-10-13-40-16-19-43-22-25-46-28-31-49(32-29-47-26-23-44-20-17-41-14-11-38-8-5-35-2)33-30-48-27-24-45-21-18-42-15-12-39-9-6-36-3/h4-33H2,1-3H3. The average molecular weight is 737 g/mol. The van der Waals surface area contributed by atoms with E-state index in [2.05, 4.69) is 0 Å². The summed E-state index contributed by atoms with van der Waals surface area (Å²) in [4.78, 5) is 0. The minimum atomic E-state index is -0.299. The van der Waals surface area contributed by atoms with Crippen molar-refractivity contribution in [2.75, 3.05) is 218 Å². The van der Waals surface area contributed by atoms with Crippen molar-refractivity contribution in [3.05, 3.63) is 0 Å². The normalized spacial score (nSPS) is 11.8. The monoisotopic (exact) mass is 736 g/mol. The van der Waals surface area contributed by atoms with Gasteiger partial charge in [0.2, 0.25) is 0 Å². The number of ether oxygens (including phenoxy) is 15. The molecule has 0 N–H and O–H groups in total. The Morgan fingerprint density at radius 1 is 0.204 bits per heavy atom. The van der Waals surface area contributed by atoms with Crippen molar-refractivity contribution in [2.45, 2.75) is 0 Å². The van der Waals surface area contributed by atoms with Crippen LogP contribution in [-0.4, -0.2) is 218 Å². The zero-order valence-corrected chi connectivity index (χ0v) is 31.7. The summed E-state index contributed by atoms with van der Waals surface area (Å²) >= 11 is 0. The van der Waals surface area contributed by atoms with Crippen molar-refractivity contribution in [2.24, 2.45) is 0 Å². The molecule has 0 aliphatic rings. The van der Waals surface area contributed by atoms with Crippen LogP contribution >= 0.6 is 7.92 Å². The smallest absolute Gasteiger partial charge is 0.0701 e. The van der Waals surface area contributed by atoms with Gasteiger partial charge in [-0.1, -0.05) is 7.92 Å². The third-order valence-corrected chi connectivity index (χ3v) is 8.74. The number of hydrogen-bond donors (Lipinski definition) is 0. The van der Waals surface area contributed by atoms with Gasteiger partial charge in [0.1, 0.15) is 0 Å². The molecule has 0 atom stereocenters. The molecule has 296 valence electrons. The van der Waals surface area contributed by atoms with Crippen LogP contribution in [0.15, 0.2) is 0 Å². The van der Waals surface area contributed by atoms with E-state index in [-0.39, 0.29) is 7.92 Å². The summed E-state index contributed by atoms with van der Waals surface area (Å²) in [5, 5.41) is 0. The second kappa shape index (κ2) is 45.9. The van der Waals surface area contributed by atoms with Crippen molar-refractivity contribution in [1.29, 1.82) is 0 Å². The fourth-order valence-electron chi connectivity index (χ4n) is 3.63. The third kappa shape index (κ3) is 43.9. The molecule has 0 aliphatic carbocycles. The highest BCUT2D eigenvalue weighted by molar-refractivity contribution is 7.57. The summed E-state index contributed by atoms with van der Waals surface area (Å²) in [7, 11) is 4.66. The molecule has 0 aromatic rings. The van der Waals surface area contributed by atoms with Crippen LogP contribution in [0.25, 0.3) is 0 Å². The van der Waals surface area contributed by atoms with Crippen LogP contribution in [0.5, 0.6) is 0 Å². The number of rotatable bonds is 45. The molecule has 0 aromatic carbocycles. The van der Waals surface area contributed by atoms with Crippen molar-refractivity contribution in [1.82, 2.24) is 0 Å². The molecule has 15 nitrogen and oxygen atoms in total. The van der Waals surface area contributed by atoms with Gasteiger partial charge in [0.25, 0.3) is 0 Å². The predicted molar refractivity (Wildman–Crippen MR) is 187 cm³/mol. The average Bonchev–Trinajstić information content (AvgIpc) is 3.11. The van der Waals surface area contributed by atoms with Gasteiger partial charge in [0, 0.05) is 21.3 Å². The van der Waals surface area contributed by atoms with E-state index in [9.17, 15) is 0 Å². The lowest BCUT2D eigenvalue weighted by atomic mass is 10.7. The first-order chi connectivity index (χ1) is 24.3. The molecule has 0 aliphatic heterocycles. The first kappa shape index (κ1) is 48.8. The van der Waals surface area contributed by atoms with E-state index in [4.69, 9.17) is 71.1 Å². The highest BCUT2D eigenvalue weighted by Gasteiger charge is 2.09. The van der Waals surface area contributed by atoms with Gasteiger partial charge in [-0.15, -0.1) is 0 Å². The second-order valence-corrected chi connectivity index (χ2v) is 12.9. The Hall–Kier alpha value is -0.170. The Labute approximate surface area is 297 Å². The summed E-state index contributed by atoms with van der Waals surface area (Å²) in [5.74, 6) is 0. The van der Waals surface area contributed by atoms with Crippen LogP contribution in [0.1, 0.15) is 0 Å². The summed E-state index contributed by atoms with van der Waals surface area (Å²) in [5.41, 5.74) is 0. The van der Waals surface area contributed by atoms with Gasteiger partial charge in [-0.2, -0.15) is 0 Å². The van der Waals surface area contributed by atoms with E-state index in [1.54, 1.807) is 21.3 Å². The molecule has 0 unspecified atom stereocenters. The zero-order chi connectivity index (χ0) is 35.4. The Kier molecular flexibility index (Phi) is 45.7.